The summed E-state index contributed by atoms with van der Waals surface area (Å²) < 4.78 is 19.0. The molecule has 0 radical (unpaired) electrons. The Bertz CT molecular complexity index is 1040. The van der Waals surface area contributed by atoms with Crippen LogP contribution in [0.4, 0.5) is 0 Å². The highest BCUT2D eigenvalue weighted by molar-refractivity contribution is 7.99. The molecule has 0 N–H and O–H groups in total. The van der Waals surface area contributed by atoms with Crippen molar-refractivity contribution in [3.8, 4) is 17.2 Å². The van der Waals surface area contributed by atoms with Crippen LogP contribution in [-0.4, -0.2) is 64.9 Å². The van der Waals surface area contributed by atoms with Crippen LogP contribution in [0.5, 0.6) is 11.5 Å². The second-order valence-corrected chi connectivity index (χ2v) is 9.13. The van der Waals surface area contributed by atoms with Crippen LogP contribution in [-0.2, 0) is 11.3 Å². The number of aryl methyl sites for hydroxylation is 1. The third-order valence-electron chi connectivity index (χ3n) is 5.36. The van der Waals surface area contributed by atoms with Gasteiger partial charge in [-0.05, 0) is 55.8 Å². The highest BCUT2D eigenvalue weighted by Gasteiger charge is 2.17. The maximum atomic E-state index is 6.43. The lowest BCUT2D eigenvalue weighted by Gasteiger charge is -2.26. The quantitative estimate of drug-likeness (QED) is 0.385. The van der Waals surface area contributed by atoms with Crippen molar-refractivity contribution >= 4 is 23.4 Å². The summed E-state index contributed by atoms with van der Waals surface area (Å²) in [6, 6.07) is 13.6. The van der Waals surface area contributed by atoms with Crippen molar-refractivity contribution in [2.24, 2.45) is 0 Å². The molecule has 0 spiro atoms. The molecule has 2 aromatic carbocycles. The van der Waals surface area contributed by atoms with Gasteiger partial charge >= 0.3 is 0 Å². The summed E-state index contributed by atoms with van der Waals surface area (Å²) in [5.74, 6) is 3.20. The Balaban J connectivity index is 1.49. The molecule has 1 aliphatic heterocycles. The van der Waals surface area contributed by atoms with Gasteiger partial charge in [-0.2, -0.15) is 0 Å². The van der Waals surface area contributed by atoms with Crippen LogP contribution in [0.2, 0.25) is 5.02 Å². The van der Waals surface area contributed by atoms with E-state index in [1.54, 1.807) is 11.8 Å². The van der Waals surface area contributed by atoms with E-state index in [2.05, 4.69) is 15.1 Å². The molecule has 1 aliphatic rings. The van der Waals surface area contributed by atoms with Crippen molar-refractivity contribution in [1.82, 2.24) is 19.7 Å². The molecule has 1 aromatic heterocycles. The van der Waals surface area contributed by atoms with E-state index in [1.165, 1.54) is 0 Å². The molecular formula is C24H29ClN4O3S. The zero-order chi connectivity index (χ0) is 23.0. The van der Waals surface area contributed by atoms with Crippen molar-refractivity contribution in [2.75, 3.05) is 45.2 Å². The topological polar surface area (TPSA) is 61.6 Å². The summed E-state index contributed by atoms with van der Waals surface area (Å²) in [6.07, 6.45) is 0. The average molecular weight is 489 g/mol. The number of halogens is 1. The molecule has 3 aromatic rings. The zero-order valence-electron chi connectivity index (χ0n) is 19.0. The van der Waals surface area contributed by atoms with Gasteiger partial charge in [-0.3, -0.25) is 9.47 Å². The first-order chi connectivity index (χ1) is 16.1. The molecular weight excluding hydrogens is 460 g/mol. The number of thioether (sulfide) groups is 1. The lowest BCUT2D eigenvalue weighted by molar-refractivity contribution is 0.0410. The molecule has 176 valence electrons. The number of ether oxygens (including phenoxy) is 3. The molecule has 2 heterocycles. The van der Waals surface area contributed by atoms with E-state index in [-0.39, 0.29) is 6.61 Å². The number of hydrogen-bond donors (Lipinski definition) is 0. The molecule has 0 bridgehead atoms. The van der Waals surface area contributed by atoms with Crippen LogP contribution in [0.25, 0.3) is 5.69 Å². The lowest BCUT2D eigenvalue weighted by atomic mass is 10.2. The van der Waals surface area contributed by atoms with Crippen molar-refractivity contribution in [1.29, 1.82) is 0 Å². The zero-order valence-corrected chi connectivity index (χ0v) is 20.6. The van der Waals surface area contributed by atoms with Gasteiger partial charge in [-0.25, -0.2) is 0 Å². The van der Waals surface area contributed by atoms with E-state index in [0.717, 1.165) is 72.3 Å². The maximum absolute atomic E-state index is 6.43. The van der Waals surface area contributed by atoms with Crippen LogP contribution in [0.15, 0.2) is 47.6 Å². The van der Waals surface area contributed by atoms with Gasteiger partial charge in [-0.1, -0.05) is 29.4 Å². The Kier molecular flexibility index (Phi) is 8.50. The Morgan fingerprint density at radius 2 is 1.76 bits per heavy atom. The molecule has 33 heavy (non-hydrogen) atoms. The van der Waals surface area contributed by atoms with Crippen molar-refractivity contribution in [2.45, 2.75) is 25.6 Å². The van der Waals surface area contributed by atoms with E-state index in [9.17, 15) is 0 Å². The fourth-order valence-corrected chi connectivity index (χ4v) is 4.65. The smallest absolute Gasteiger partial charge is 0.195 e. The van der Waals surface area contributed by atoms with Crippen LogP contribution in [0.3, 0.4) is 0 Å². The SMILES string of the molecule is CCOc1ccc(OCc2nnc(SCCN3CCOCC3)n2-c2ccc(C)c(Cl)c2)cc1. The standard InChI is InChI=1S/C24H29ClN4O3S/c1-3-31-20-6-8-21(9-7-20)32-17-23-26-27-24(33-15-12-28-10-13-30-14-11-28)29(23)19-5-4-18(2)22(25)16-19/h4-9,16H,3,10-15,17H2,1-2H3. The molecule has 0 aliphatic carbocycles. The van der Waals surface area contributed by atoms with E-state index >= 15 is 0 Å². The Hall–Kier alpha value is -2.26. The fourth-order valence-electron chi connectivity index (χ4n) is 3.50. The largest absolute Gasteiger partial charge is 0.494 e. The van der Waals surface area contributed by atoms with E-state index < -0.39 is 0 Å². The first-order valence-electron chi connectivity index (χ1n) is 11.1. The van der Waals surface area contributed by atoms with Crippen LogP contribution in [0, 0.1) is 6.92 Å². The Labute approximate surface area is 204 Å². The van der Waals surface area contributed by atoms with Crippen LogP contribution in [0.1, 0.15) is 18.3 Å². The van der Waals surface area contributed by atoms with Gasteiger partial charge < -0.3 is 14.2 Å². The van der Waals surface area contributed by atoms with Gasteiger partial charge in [0.05, 0.1) is 25.5 Å². The summed E-state index contributed by atoms with van der Waals surface area (Å²) in [6.45, 7) is 9.41. The molecule has 1 fully saturated rings. The predicted octanol–water partition coefficient (Wildman–Crippen LogP) is 4.63. The predicted molar refractivity (Wildman–Crippen MR) is 131 cm³/mol. The number of benzene rings is 2. The minimum Gasteiger partial charge on any atom is -0.494 e. The second-order valence-electron chi connectivity index (χ2n) is 7.66. The van der Waals surface area contributed by atoms with Crippen LogP contribution < -0.4 is 9.47 Å². The van der Waals surface area contributed by atoms with E-state index in [4.69, 9.17) is 25.8 Å². The highest BCUT2D eigenvalue weighted by atomic mass is 35.5. The van der Waals surface area contributed by atoms with Crippen molar-refractivity contribution in [3.05, 3.63) is 58.9 Å². The molecule has 0 atom stereocenters. The van der Waals surface area contributed by atoms with Gasteiger partial charge in [0.2, 0.25) is 0 Å². The summed E-state index contributed by atoms with van der Waals surface area (Å²) in [5.41, 5.74) is 1.96. The highest BCUT2D eigenvalue weighted by Crippen LogP contribution is 2.27. The molecule has 7 nitrogen and oxygen atoms in total. The lowest BCUT2D eigenvalue weighted by Crippen LogP contribution is -2.37. The number of rotatable bonds is 10. The summed E-state index contributed by atoms with van der Waals surface area (Å²) >= 11 is 8.12. The molecule has 0 amide bonds. The van der Waals surface area contributed by atoms with E-state index in [1.807, 2.05) is 60.9 Å². The number of morpholine rings is 1. The Morgan fingerprint density at radius 1 is 1.03 bits per heavy atom. The monoisotopic (exact) mass is 488 g/mol. The summed E-state index contributed by atoms with van der Waals surface area (Å²) in [7, 11) is 0. The van der Waals surface area contributed by atoms with Gasteiger partial charge in [0.1, 0.15) is 18.1 Å². The van der Waals surface area contributed by atoms with Gasteiger partial charge in [0, 0.05) is 30.4 Å². The van der Waals surface area contributed by atoms with Crippen molar-refractivity contribution in [3.63, 3.8) is 0 Å². The molecule has 0 unspecified atom stereocenters. The van der Waals surface area contributed by atoms with Gasteiger partial charge in [-0.15, -0.1) is 10.2 Å². The average Bonchev–Trinajstić information content (AvgIpc) is 3.24. The molecule has 0 saturated carbocycles. The maximum Gasteiger partial charge on any atom is 0.195 e. The second kappa shape index (κ2) is 11.7. The molecule has 9 heteroatoms. The van der Waals surface area contributed by atoms with E-state index in [0.29, 0.717) is 11.6 Å². The molecule has 4 rings (SSSR count). The minimum atomic E-state index is 0.288. The first-order valence-corrected chi connectivity index (χ1v) is 12.5. The van der Waals surface area contributed by atoms with Gasteiger partial charge in [0.25, 0.3) is 0 Å². The normalized spacial score (nSPS) is 14.4. The fraction of sp³-hybridized carbons (Fsp3) is 0.417. The minimum absolute atomic E-state index is 0.288. The van der Waals surface area contributed by atoms with Crippen LogP contribution >= 0.6 is 23.4 Å². The van der Waals surface area contributed by atoms with Gasteiger partial charge in [0.15, 0.2) is 11.0 Å². The summed E-state index contributed by atoms with van der Waals surface area (Å²) in [5, 5.41) is 10.4. The first kappa shape index (κ1) is 23.9. The summed E-state index contributed by atoms with van der Waals surface area (Å²) in [4.78, 5) is 2.41. The molecule has 1 saturated heterocycles. The van der Waals surface area contributed by atoms with Crippen molar-refractivity contribution < 1.29 is 14.2 Å². The third kappa shape index (κ3) is 6.41. The number of nitrogens with zero attached hydrogens (tertiary/aromatic N) is 4. The third-order valence-corrected chi connectivity index (χ3v) is 6.68. The number of hydrogen-bond acceptors (Lipinski definition) is 7. The number of aromatic nitrogens is 3. The Morgan fingerprint density at radius 3 is 2.45 bits per heavy atom.